The Morgan fingerprint density at radius 1 is 0.963 bits per heavy atom. The lowest BCUT2D eigenvalue weighted by atomic mass is 10.1. The molecule has 0 aliphatic carbocycles. The number of hydrogen-bond acceptors (Lipinski definition) is 3. The molecule has 0 aromatic heterocycles. The third kappa shape index (κ3) is 3.16. The molecule has 2 aromatic carbocycles. The summed E-state index contributed by atoms with van der Waals surface area (Å²) in [7, 11) is 0. The molecule has 0 amide bonds. The lowest BCUT2D eigenvalue weighted by Crippen LogP contribution is -2.17. The third-order valence-electron chi connectivity index (χ3n) is 4.78. The molecule has 3 heterocycles. The summed E-state index contributed by atoms with van der Waals surface area (Å²) in [5.74, 6) is 1.84. The maximum Gasteiger partial charge on any atom is 0.163 e. The van der Waals surface area contributed by atoms with Crippen molar-refractivity contribution in [3.63, 3.8) is 0 Å². The summed E-state index contributed by atoms with van der Waals surface area (Å²) in [6, 6.07) is 21.0. The molecule has 0 unspecified atom stereocenters. The van der Waals surface area contributed by atoms with Crippen LogP contribution in [0.2, 0.25) is 0 Å². The molecule has 0 spiro atoms. The van der Waals surface area contributed by atoms with E-state index in [9.17, 15) is 0 Å². The van der Waals surface area contributed by atoms with Gasteiger partial charge in [-0.2, -0.15) is 0 Å². The Kier molecular flexibility index (Phi) is 5.17. The second-order valence-corrected chi connectivity index (χ2v) is 6.45. The van der Waals surface area contributed by atoms with Crippen LogP contribution in [0.3, 0.4) is 0 Å². The molecule has 3 N–H and O–H groups in total. The van der Waals surface area contributed by atoms with Crippen LogP contribution < -0.4 is 4.90 Å². The SMILES string of the molecule is Cc1nc(N2CCc3ccccc32)c2nc(-c3ccccc3)cc-2[nH]1.Cl.O. The highest BCUT2D eigenvalue weighted by atomic mass is 35.5. The molecule has 3 aliphatic heterocycles. The Morgan fingerprint density at radius 2 is 1.70 bits per heavy atom. The van der Waals surface area contributed by atoms with E-state index < -0.39 is 0 Å². The van der Waals surface area contributed by atoms with E-state index in [2.05, 4.69) is 52.3 Å². The normalized spacial score (nSPS) is 12.4. The summed E-state index contributed by atoms with van der Waals surface area (Å²) in [5.41, 5.74) is 6.68. The van der Waals surface area contributed by atoms with Crippen molar-refractivity contribution in [3.05, 3.63) is 72.1 Å². The molecule has 5 rings (SSSR count). The van der Waals surface area contributed by atoms with Gasteiger partial charge in [0, 0.05) is 17.8 Å². The molecule has 3 aliphatic rings. The Morgan fingerprint density at radius 3 is 2.52 bits per heavy atom. The highest BCUT2D eigenvalue weighted by Gasteiger charge is 2.26. The number of nitrogens with zero attached hydrogens (tertiary/aromatic N) is 3. The average molecular weight is 381 g/mol. The summed E-state index contributed by atoms with van der Waals surface area (Å²) in [5, 5.41) is 0. The van der Waals surface area contributed by atoms with Gasteiger partial charge in [0.15, 0.2) is 5.82 Å². The molecule has 0 radical (unpaired) electrons. The first kappa shape index (κ1) is 18.9. The molecule has 27 heavy (non-hydrogen) atoms. The summed E-state index contributed by atoms with van der Waals surface area (Å²) >= 11 is 0. The highest BCUT2D eigenvalue weighted by molar-refractivity contribution is 5.85. The van der Waals surface area contributed by atoms with E-state index in [4.69, 9.17) is 9.97 Å². The Labute approximate surface area is 164 Å². The van der Waals surface area contributed by atoms with Crippen LogP contribution in [-0.2, 0) is 6.42 Å². The van der Waals surface area contributed by atoms with Gasteiger partial charge in [0.2, 0.25) is 0 Å². The van der Waals surface area contributed by atoms with E-state index in [-0.39, 0.29) is 17.9 Å². The molecule has 0 saturated heterocycles. The molecule has 138 valence electrons. The second-order valence-electron chi connectivity index (χ2n) is 6.45. The third-order valence-corrected chi connectivity index (χ3v) is 4.78. The van der Waals surface area contributed by atoms with Crippen LogP contribution >= 0.6 is 12.4 Å². The van der Waals surface area contributed by atoms with E-state index in [1.807, 2.05) is 25.1 Å². The van der Waals surface area contributed by atoms with Gasteiger partial charge < -0.3 is 15.4 Å². The molecule has 0 fully saturated rings. The van der Waals surface area contributed by atoms with Crippen LogP contribution in [0.1, 0.15) is 11.4 Å². The maximum atomic E-state index is 4.91. The molecular weight excluding hydrogens is 360 g/mol. The van der Waals surface area contributed by atoms with Gasteiger partial charge in [-0.15, -0.1) is 12.4 Å². The second kappa shape index (κ2) is 7.39. The molecule has 0 bridgehead atoms. The number of H-pyrrole nitrogens is 1. The number of halogens is 1. The number of aromatic amines is 1. The Bertz CT molecular complexity index is 1030. The van der Waals surface area contributed by atoms with Crippen molar-refractivity contribution in [1.82, 2.24) is 15.0 Å². The minimum Gasteiger partial charge on any atom is -0.412 e. The fourth-order valence-corrected chi connectivity index (χ4v) is 3.62. The summed E-state index contributed by atoms with van der Waals surface area (Å²) in [6.07, 6.45) is 1.04. The monoisotopic (exact) mass is 380 g/mol. The minimum absolute atomic E-state index is 0. The summed E-state index contributed by atoms with van der Waals surface area (Å²) < 4.78 is 0. The van der Waals surface area contributed by atoms with Crippen molar-refractivity contribution in [1.29, 1.82) is 0 Å². The van der Waals surface area contributed by atoms with Gasteiger partial charge in [-0.05, 0) is 31.0 Å². The van der Waals surface area contributed by atoms with Gasteiger partial charge in [-0.3, -0.25) is 0 Å². The first-order chi connectivity index (χ1) is 12.3. The van der Waals surface area contributed by atoms with E-state index in [0.717, 1.165) is 47.3 Å². The fourth-order valence-electron chi connectivity index (χ4n) is 3.62. The van der Waals surface area contributed by atoms with E-state index in [1.54, 1.807) is 0 Å². The van der Waals surface area contributed by atoms with Crippen LogP contribution in [0.25, 0.3) is 22.6 Å². The van der Waals surface area contributed by atoms with Crippen molar-refractivity contribution in [3.8, 4) is 22.6 Å². The average Bonchev–Trinajstić information content (AvgIpc) is 3.26. The van der Waals surface area contributed by atoms with Gasteiger partial charge in [-0.25, -0.2) is 9.97 Å². The molecule has 0 saturated carbocycles. The topological polar surface area (TPSA) is 76.3 Å². The number of hydrogen-bond donors (Lipinski definition) is 1. The zero-order valence-corrected chi connectivity index (χ0v) is 15.8. The summed E-state index contributed by atoms with van der Waals surface area (Å²) in [6.45, 7) is 2.94. The minimum atomic E-state index is 0. The number of anilines is 2. The predicted octanol–water partition coefficient (Wildman–Crippen LogP) is 4.18. The smallest absolute Gasteiger partial charge is 0.163 e. The standard InChI is InChI=1S/C21H18N4.ClH.H2O/c1-14-22-18-13-17(15-7-3-2-4-8-15)24-20(18)21(23-14)25-12-11-16-9-5-6-10-19(16)25;;/h2-10,13H,11-12H2,1H3,(H,22,23);1H;1H2. The van der Waals surface area contributed by atoms with E-state index in [0.29, 0.717) is 0 Å². The quantitative estimate of drug-likeness (QED) is 0.566. The number of aromatic nitrogens is 3. The molecule has 2 aromatic rings. The lowest BCUT2D eigenvalue weighted by molar-refractivity contribution is 0.824. The van der Waals surface area contributed by atoms with Crippen molar-refractivity contribution < 1.29 is 5.48 Å². The molecule has 6 heteroatoms. The zero-order valence-electron chi connectivity index (χ0n) is 14.9. The number of benzene rings is 2. The van der Waals surface area contributed by atoms with Crippen molar-refractivity contribution in [2.24, 2.45) is 0 Å². The lowest BCUT2D eigenvalue weighted by Gasteiger charge is -2.21. The first-order valence-electron chi connectivity index (χ1n) is 8.58. The Balaban J connectivity index is 0.00000105. The highest BCUT2D eigenvalue weighted by Crippen LogP contribution is 2.39. The molecule has 0 atom stereocenters. The van der Waals surface area contributed by atoms with Crippen LogP contribution in [0.15, 0.2) is 60.7 Å². The van der Waals surface area contributed by atoms with Crippen molar-refractivity contribution in [2.45, 2.75) is 13.3 Å². The van der Waals surface area contributed by atoms with Crippen LogP contribution in [0.4, 0.5) is 11.5 Å². The van der Waals surface area contributed by atoms with Crippen LogP contribution in [0.5, 0.6) is 0 Å². The number of fused-ring (bicyclic) bond motifs is 2. The Hall–Kier alpha value is -2.89. The van der Waals surface area contributed by atoms with Gasteiger partial charge in [0.05, 0.1) is 11.4 Å². The number of rotatable bonds is 2. The zero-order chi connectivity index (χ0) is 16.8. The van der Waals surface area contributed by atoms with Gasteiger partial charge in [-0.1, -0.05) is 48.5 Å². The van der Waals surface area contributed by atoms with Gasteiger partial charge >= 0.3 is 0 Å². The largest absolute Gasteiger partial charge is 0.412 e. The van der Waals surface area contributed by atoms with Crippen molar-refractivity contribution >= 4 is 23.9 Å². The number of aryl methyl sites for hydroxylation is 1. The fraction of sp³-hybridized carbons (Fsp3) is 0.143. The number of para-hydroxylation sites is 1. The first-order valence-corrected chi connectivity index (χ1v) is 8.58. The number of nitrogens with one attached hydrogen (secondary N) is 1. The van der Waals surface area contributed by atoms with Gasteiger partial charge in [0.1, 0.15) is 11.5 Å². The van der Waals surface area contributed by atoms with Crippen LogP contribution in [0, 0.1) is 6.92 Å². The van der Waals surface area contributed by atoms with Gasteiger partial charge in [0.25, 0.3) is 0 Å². The van der Waals surface area contributed by atoms with E-state index >= 15 is 0 Å². The molecule has 5 nitrogen and oxygen atoms in total. The molecular formula is C21H21ClN4O. The van der Waals surface area contributed by atoms with E-state index in [1.165, 1.54) is 11.3 Å². The maximum absolute atomic E-state index is 4.91. The van der Waals surface area contributed by atoms with Crippen LogP contribution in [-0.4, -0.2) is 27.0 Å². The predicted molar refractivity (Wildman–Crippen MR) is 111 cm³/mol. The summed E-state index contributed by atoms with van der Waals surface area (Å²) in [4.78, 5) is 15.4. The van der Waals surface area contributed by atoms with Crippen molar-refractivity contribution in [2.75, 3.05) is 11.4 Å².